The molecular weight excluding hydrogens is 737 g/mol. The monoisotopic (exact) mass is 736 g/mol. The zero-order valence-corrected chi connectivity index (χ0v) is 19.6. The Kier molecular flexibility index (Phi) is 9.25. The van der Waals surface area contributed by atoms with Crippen molar-refractivity contribution in [1.29, 1.82) is 0 Å². The standard InChI is InChI=1S/C12Cl2F26Si/c13-41(14,12(38,39)40)11(36,37)9(31,32)7(27,28)5(23,24)3(19,20)1(15,16)2(17,18)4(21,22)6(25,26)8(29,30)10(33,34)35. The summed E-state index contributed by atoms with van der Waals surface area (Å²) in [6.45, 7) is -8.63. The molecule has 0 heterocycles. The minimum absolute atomic E-state index is 3.78. The highest BCUT2D eigenvalue weighted by Crippen LogP contribution is 2.68. The first-order valence-electron chi connectivity index (χ1n) is 8.29. The van der Waals surface area contributed by atoms with E-state index >= 15 is 0 Å². The fraction of sp³-hybridized carbons (Fsp3) is 1.00. The van der Waals surface area contributed by atoms with Crippen LogP contribution in [0, 0.1) is 0 Å². The molecule has 0 unspecified atom stereocenters. The van der Waals surface area contributed by atoms with Crippen LogP contribution in [0.15, 0.2) is 0 Å². The third-order valence-corrected chi connectivity index (χ3v) is 9.18. The Bertz CT molecular complexity index is 894. The predicted molar refractivity (Wildman–Crippen MR) is 79.0 cm³/mol. The average Bonchev–Trinajstić information content (AvgIpc) is 2.70. The molecule has 41 heavy (non-hydrogen) atoms. The lowest BCUT2D eigenvalue weighted by molar-refractivity contribution is -0.477. The maximum atomic E-state index is 13.6. The van der Waals surface area contributed by atoms with Crippen molar-refractivity contribution in [3.63, 3.8) is 0 Å². The summed E-state index contributed by atoms with van der Waals surface area (Å²) in [5.74, 6) is -91.2. The van der Waals surface area contributed by atoms with Crippen LogP contribution in [0.3, 0.4) is 0 Å². The van der Waals surface area contributed by atoms with E-state index in [0.29, 0.717) is 0 Å². The lowest BCUT2D eigenvalue weighted by Gasteiger charge is -2.45. The van der Waals surface area contributed by atoms with Crippen LogP contribution in [0.25, 0.3) is 0 Å². The van der Waals surface area contributed by atoms with Gasteiger partial charge in [-0.15, -0.1) is 22.2 Å². The van der Waals surface area contributed by atoms with Crippen LogP contribution in [0.5, 0.6) is 0 Å². The number of halogens is 28. The minimum Gasteiger partial charge on any atom is -0.201 e. The van der Waals surface area contributed by atoms with Crippen molar-refractivity contribution >= 4 is 28.9 Å². The summed E-state index contributed by atoms with van der Waals surface area (Å²) in [6, 6.07) is 0. The zero-order chi connectivity index (χ0) is 34.5. The quantitative estimate of drug-likeness (QED) is 0.119. The van der Waals surface area contributed by atoms with E-state index in [1.807, 2.05) is 0 Å². The second-order valence-corrected chi connectivity index (χ2v) is 13.6. The van der Waals surface area contributed by atoms with Gasteiger partial charge in [0, 0.05) is 0 Å². The Hall–Kier alpha value is -1.02. The molecule has 0 aliphatic heterocycles. The highest BCUT2D eigenvalue weighted by Gasteiger charge is 3.00. The van der Waals surface area contributed by atoms with E-state index in [9.17, 15) is 114 Å². The molecule has 0 N–H and O–H groups in total. The fourth-order valence-corrected chi connectivity index (χ4v) is 3.75. The highest BCUT2D eigenvalue weighted by atomic mass is 35.7. The van der Waals surface area contributed by atoms with Crippen molar-refractivity contribution in [1.82, 2.24) is 0 Å². The number of rotatable bonds is 10. The van der Waals surface area contributed by atoms with Crippen LogP contribution in [0.4, 0.5) is 114 Å². The lowest BCUT2D eigenvalue weighted by Crippen LogP contribution is -2.79. The highest BCUT2D eigenvalue weighted by molar-refractivity contribution is 7.47. The second-order valence-electron chi connectivity index (χ2n) is 7.31. The first kappa shape index (κ1) is 40.0. The van der Waals surface area contributed by atoms with Crippen LogP contribution in [-0.4, -0.2) is 77.5 Å². The Labute approximate surface area is 214 Å². The summed E-state index contributed by atoms with van der Waals surface area (Å²) >= 11 is 7.56. The smallest absolute Gasteiger partial charge is 0.201 e. The van der Waals surface area contributed by atoms with Crippen molar-refractivity contribution in [2.75, 3.05) is 0 Å². The van der Waals surface area contributed by atoms with Crippen molar-refractivity contribution < 1.29 is 114 Å². The van der Waals surface area contributed by atoms with E-state index in [0.717, 1.165) is 0 Å². The van der Waals surface area contributed by atoms with Gasteiger partial charge in [0.15, 0.2) is 0 Å². The molecule has 0 aromatic carbocycles. The van der Waals surface area contributed by atoms with E-state index in [4.69, 9.17) is 0 Å². The number of hydrogen-bond donors (Lipinski definition) is 0. The Balaban J connectivity index is 7.41. The molecule has 0 aromatic rings. The van der Waals surface area contributed by atoms with E-state index in [2.05, 4.69) is 22.2 Å². The number of hydrogen-bond acceptors (Lipinski definition) is 0. The first-order chi connectivity index (χ1) is 17.0. The van der Waals surface area contributed by atoms with Gasteiger partial charge in [-0.3, -0.25) is 0 Å². The van der Waals surface area contributed by atoms with Gasteiger partial charge < -0.3 is 0 Å². The molecule has 0 amide bonds. The molecule has 0 fully saturated rings. The van der Waals surface area contributed by atoms with E-state index < -0.39 is 77.5 Å². The molecule has 0 nitrogen and oxygen atoms in total. The van der Waals surface area contributed by atoms with Crippen LogP contribution in [-0.2, 0) is 0 Å². The Morgan fingerprint density at radius 3 is 0.610 bits per heavy atom. The summed E-state index contributed by atoms with van der Waals surface area (Å²) in [5, 5.41) is 0. The Morgan fingerprint density at radius 1 is 0.268 bits per heavy atom. The fourth-order valence-electron chi connectivity index (χ4n) is 2.13. The van der Waals surface area contributed by atoms with Gasteiger partial charge in [-0.1, -0.05) is 0 Å². The lowest BCUT2D eigenvalue weighted by atomic mass is 9.86. The average molecular weight is 737 g/mol. The summed E-state index contributed by atoms with van der Waals surface area (Å²) in [5.41, 5.74) is -8.19. The molecule has 0 aromatic heterocycles. The Morgan fingerprint density at radius 2 is 0.439 bits per heavy atom. The van der Waals surface area contributed by atoms with Crippen LogP contribution >= 0.6 is 22.2 Å². The van der Waals surface area contributed by atoms with Crippen LogP contribution in [0.1, 0.15) is 0 Å². The van der Waals surface area contributed by atoms with E-state index in [1.165, 1.54) is 0 Å². The molecule has 0 saturated carbocycles. The topological polar surface area (TPSA) is 0 Å². The summed E-state index contributed by atoms with van der Waals surface area (Å²) in [6.07, 6.45) is -8.20. The predicted octanol–water partition coefficient (Wildman–Crippen LogP) is 9.46. The van der Waals surface area contributed by atoms with Crippen LogP contribution in [0.2, 0.25) is 0 Å². The van der Waals surface area contributed by atoms with Gasteiger partial charge in [-0.2, -0.15) is 105 Å². The van der Waals surface area contributed by atoms with Gasteiger partial charge in [-0.25, -0.2) is 8.78 Å². The normalized spacial score (nSPS) is 17.3. The zero-order valence-electron chi connectivity index (χ0n) is 17.1. The number of alkyl halides is 26. The van der Waals surface area contributed by atoms with Crippen molar-refractivity contribution in [2.45, 2.75) is 70.8 Å². The molecule has 0 aliphatic carbocycles. The van der Waals surface area contributed by atoms with E-state index in [-0.39, 0.29) is 0 Å². The largest absolute Gasteiger partial charge is 0.460 e. The third-order valence-electron chi connectivity index (χ3n) is 4.66. The third kappa shape index (κ3) is 4.66. The molecule has 0 radical (unpaired) electrons. The molecule has 0 atom stereocenters. The molecular formula is C12Cl2F26Si. The van der Waals surface area contributed by atoms with Gasteiger partial charge in [0.25, 0.3) is 0 Å². The molecule has 0 saturated heterocycles. The molecule has 0 bridgehead atoms. The van der Waals surface area contributed by atoms with Crippen molar-refractivity contribution in [3.05, 3.63) is 0 Å². The molecule has 29 heteroatoms. The summed E-state index contributed by atoms with van der Waals surface area (Å²) in [4.78, 5) is 0. The SMILES string of the molecule is FC(F)(F)C(F)(F)C(F)(F)C(F)(F)C(F)(F)C(F)(F)C(F)(F)C(F)(F)C(F)(F)C(F)(F)C(F)(F)[Si](Cl)(Cl)C(F)(F)F. The molecule has 248 valence electrons. The minimum atomic E-state index is -9.66. The van der Waals surface area contributed by atoms with Gasteiger partial charge in [-0.05, 0) is 0 Å². The van der Waals surface area contributed by atoms with Gasteiger partial charge in [0.2, 0.25) is 0 Å². The van der Waals surface area contributed by atoms with Crippen LogP contribution < -0.4 is 0 Å². The summed E-state index contributed by atoms with van der Waals surface area (Å²) in [7, 11) is 0. The summed E-state index contributed by atoms with van der Waals surface area (Å²) < 4.78 is 341. The molecule has 0 rings (SSSR count). The maximum absolute atomic E-state index is 13.6. The van der Waals surface area contributed by atoms with Gasteiger partial charge in [0.05, 0.1) is 0 Å². The van der Waals surface area contributed by atoms with Gasteiger partial charge in [0.1, 0.15) is 0 Å². The van der Waals surface area contributed by atoms with Crippen molar-refractivity contribution in [2.24, 2.45) is 0 Å². The maximum Gasteiger partial charge on any atom is 0.460 e. The van der Waals surface area contributed by atoms with Crippen molar-refractivity contribution in [3.8, 4) is 0 Å². The first-order valence-corrected chi connectivity index (χ1v) is 12.3. The molecule has 0 spiro atoms. The van der Waals surface area contributed by atoms with Gasteiger partial charge >= 0.3 is 77.5 Å². The molecule has 0 aliphatic rings. The van der Waals surface area contributed by atoms with E-state index in [1.54, 1.807) is 0 Å². The second kappa shape index (κ2) is 9.49.